The van der Waals surface area contributed by atoms with Gasteiger partial charge in [-0.05, 0) is 25.5 Å². The Bertz CT molecular complexity index is 683. The summed E-state index contributed by atoms with van der Waals surface area (Å²) in [5, 5.41) is 6.56. The highest BCUT2D eigenvalue weighted by Crippen LogP contribution is 2.17. The first-order valence-electron chi connectivity index (χ1n) is 8.87. The molecule has 1 aromatic heterocycles. The topological polar surface area (TPSA) is 67.8 Å². The molecule has 1 heterocycles. The van der Waals surface area contributed by atoms with Crippen molar-refractivity contribution in [1.82, 2.24) is 15.6 Å². The summed E-state index contributed by atoms with van der Waals surface area (Å²) in [5.74, 6) is 1.36. The minimum Gasteiger partial charge on any atom is -0.473 e. The highest BCUT2D eigenvalue weighted by Gasteiger charge is 2.07. The molecule has 0 aliphatic heterocycles. The summed E-state index contributed by atoms with van der Waals surface area (Å²) in [6.45, 7) is 6.45. The molecule has 1 unspecified atom stereocenters. The molecule has 27 heavy (non-hydrogen) atoms. The van der Waals surface area contributed by atoms with Crippen LogP contribution < -0.4 is 15.4 Å². The van der Waals surface area contributed by atoms with Crippen LogP contribution in [0.25, 0.3) is 0 Å². The van der Waals surface area contributed by atoms with Crippen molar-refractivity contribution in [2.24, 2.45) is 4.99 Å². The average Bonchev–Trinajstić information content (AvgIpc) is 2.66. The van der Waals surface area contributed by atoms with E-state index in [2.05, 4.69) is 27.5 Å². The summed E-state index contributed by atoms with van der Waals surface area (Å²) < 4.78 is 11.1. The zero-order valence-electron chi connectivity index (χ0n) is 16.1. The van der Waals surface area contributed by atoms with Crippen molar-refractivity contribution in [1.29, 1.82) is 0 Å². The fourth-order valence-electron chi connectivity index (χ4n) is 2.41. The van der Waals surface area contributed by atoms with E-state index in [0.717, 1.165) is 23.6 Å². The highest BCUT2D eigenvalue weighted by atomic mass is 127. The van der Waals surface area contributed by atoms with Crippen LogP contribution in [0.1, 0.15) is 25.0 Å². The van der Waals surface area contributed by atoms with Crippen LogP contribution in [0.3, 0.4) is 0 Å². The maximum atomic E-state index is 5.89. The van der Waals surface area contributed by atoms with Crippen LogP contribution in [-0.2, 0) is 17.9 Å². The van der Waals surface area contributed by atoms with Crippen LogP contribution >= 0.6 is 24.0 Å². The Morgan fingerprint density at radius 3 is 2.67 bits per heavy atom. The molecule has 0 fully saturated rings. The van der Waals surface area contributed by atoms with E-state index < -0.39 is 0 Å². The first-order valence-corrected chi connectivity index (χ1v) is 8.87. The van der Waals surface area contributed by atoms with Crippen LogP contribution in [-0.4, -0.2) is 37.2 Å². The van der Waals surface area contributed by atoms with Crippen LogP contribution in [0.2, 0.25) is 0 Å². The Kier molecular flexibility index (Phi) is 11.4. The standard InChI is InChI=1S/C20H28N4O2.HI/c1-4-21-20(24-16(2)14-25-3)23-13-18-11-8-12-22-19(18)26-15-17-9-6-5-7-10-17;/h5-12,16H,4,13-15H2,1-3H3,(H2,21,23,24);1H. The number of methoxy groups -OCH3 is 1. The van der Waals surface area contributed by atoms with Gasteiger partial charge in [-0.25, -0.2) is 9.98 Å². The molecule has 1 aromatic carbocycles. The van der Waals surface area contributed by atoms with Gasteiger partial charge in [-0.1, -0.05) is 36.4 Å². The van der Waals surface area contributed by atoms with Crippen molar-refractivity contribution in [3.05, 3.63) is 59.8 Å². The quantitative estimate of drug-likeness (QED) is 0.325. The largest absolute Gasteiger partial charge is 0.473 e. The van der Waals surface area contributed by atoms with Crippen molar-refractivity contribution in [3.63, 3.8) is 0 Å². The summed E-state index contributed by atoms with van der Waals surface area (Å²) in [6.07, 6.45) is 1.73. The van der Waals surface area contributed by atoms with E-state index in [1.165, 1.54) is 0 Å². The minimum absolute atomic E-state index is 0. The molecule has 1 atom stereocenters. The Balaban J connectivity index is 0.00000364. The van der Waals surface area contributed by atoms with Gasteiger partial charge in [0.2, 0.25) is 5.88 Å². The number of hydrogen-bond acceptors (Lipinski definition) is 4. The van der Waals surface area contributed by atoms with Gasteiger partial charge in [0.15, 0.2) is 5.96 Å². The van der Waals surface area contributed by atoms with Crippen LogP contribution in [0.15, 0.2) is 53.7 Å². The number of aromatic nitrogens is 1. The fraction of sp³-hybridized carbons (Fsp3) is 0.400. The Labute approximate surface area is 178 Å². The van der Waals surface area contributed by atoms with E-state index in [1.807, 2.05) is 49.4 Å². The zero-order chi connectivity index (χ0) is 18.6. The third-order valence-electron chi connectivity index (χ3n) is 3.62. The maximum Gasteiger partial charge on any atom is 0.218 e. The van der Waals surface area contributed by atoms with Crippen molar-refractivity contribution in [3.8, 4) is 5.88 Å². The molecule has 0 bridgehead atoms. The zero-order valence-corrected chi connectivity index (χ0v) is 18.5. The van der Waals surface area contributed by atoms with Crippen molar-refractivity contribution < 1.29 is 9.47 Å². The molecular formula is C20H29IN4O2. The Hall–Kier alpha value is -1.87. The van der Waals surface area contributed by atoms with Crippen molar-refractivity contribution in [2.45, 2.75) is 33.0 Å². The van der Waals surface area contributed by atoms with E-state index in [1.54, 1.807) is 13.3 Å². The van der Waals surface area contributed by atoms with E-state index in [0.29, 0.717) is 25.6 Å². The number of nitrogens with zero attached hydrogens (tertiary/aromatic N) is 2. The molecule has 2 N–H and O–H groups in total. The molecular weight excluding hydrogens is 455 g/mol. The highest BCUT2D eigenvalue weighted by molar-refractivity contribution is 14.0. The molecule has 0 radical (unpaired) electrons. The number of guanidine groups is 1. The van der Waals surface area contributed by atoms with Gasteiger partial charge in [0.25, 0.3) is 0 Å². The second-order valence-electron chi connectivity index (χ2n) is 5.94. The monoisotopic (exact) mass is 484 g/mol. The number of rotatable bonds is 9. The summed E-state index contributed by atoms with van der Waals surface area (Å²) in [4.78, 5) is 9.00. The van der Waals surface area contributed by atoms with Crippen molar-refractivity contribution in [2.75, 3.05) is 20.3 Å². The molecule has 2 rings (SSSR count). The number of aliphatic imine (C=N–C) groups is 1. The van der Waals surface area contributed by atoms with Crippen LogP contribution in [0, 0.1) is 0 Å². The third kappa shape index (κ3) is 8.57. The van der Waals surface area contributed by atoms with Gasteiger partial charge in [-0.2, -0.15) is 0 Å². The maximum absolute atomic E-state index is 5.89. The first kappa shape index (κ1) is 23.2. The second-order valence-corrected chi connectivity index (χ2v) is 5.94. The molecule has 0 aliphatic rings. The molecule has 148 valence electrons. The number of hydrogen-bond donors (Lipinski definition) is 2. The lowest BCUT2D eigenvalue weighted by Crippen LogP contribution is -2.43. The lowest BCUT2D eigenvalue weighted by Gasteiger charge is -2.17. The van der Waals surface area contributed by atoms with E-state index in [4.69, 9.17) is 9.47 Å². The summed E-state index contributed by atoms with van der Waals surface area (Å²) >= 11 is 0. The predicted molar refractivity (Wildman–Crippen MR) is 120 cm³/mol. The summed E-state index contributed by atoms with van der Waals surface area (Å²) in [7, 11) is 1.69. The third-order valence-corrected chi connectivity index (χ3v) is 3.62. The predicted octanol–water partition coefficient (Wildman–Crippen LogP) is 3.37. The minimum atomic E-state index is 0. The van der Waals surface area contributed by atoms with E-state index in [9.17, 15) is 0 Å². The molecule has 7 heteroatoms. The number of halogens is 1. The van der Waals surface area contributed by atoms with Crippen LogP contribution in [0.5, 0.6) is 5.88 Å². The normalized spacial score (nSPS) is 12.0. The first-order chi connectivity index (χ1) is 12.7. The number of pyridine rings is 1. The van der Waals surface area contributed by atoms with Crippen LogP contribution in [0.4, 0.5) is 0 Å². The molecule has 6 nitrogen and oxygen atoms in total. The van der Waals surface area contributed by atoms with Gasteiger partial charge < -0.3 is 20.1 Å². The smallest absolute Gasteiger partial charge is 0.218 e. The fourth-order valence-corrected chi connectivity index (χ4v) is 2.41. The number of benzene rings is 1. The Morgan fingerprint density at radius 2 is 1.96 bits per heavy atom. The van der Waals surface area contributed by atoms with Gasteiger partial charge in [0.1, 0.15) is 6.61 Å². The average molecular weight is 484 g/mol. The molecule has 0 aliphatic carbocycles. The van der Waals surface area contributed by atoms with Gasteiger partial charge in [0.05, 0.1) is 13.2 Å². The lowest BCUT2D eigenvalue weighted by molar-refractivity contribution is 0.179. The Morgan fingerprint density at radius 1 is 1.19 bits per heavy atom. The van der Waals surface area contributed by atoms with E-state index >= 15 is 0 Å². The number of ether oxygens (including phenoxy) is 2. The molecule has 0 amide bonds. The van der Waals surface area contributed by atoms with Gasteiger partial charge in [0, 0.05) is 31.5 Å². The SMILES string of the molecule is CCNC(=NCc1cccnc1OCc1ccccc1)NC(C)COC.I. The van der Waals surface area contributed by atoms with Gasteiger partial charge in [-0.3, -0.25) is 0 Å². The molecule has 0 saturated heterocycles. The molecule has 0 spiro atoms. The van der Waals surface area contributed by atoms with Crippen molar-refractivity contribution >= 4 is 29.9 Å². The molecule has 2 aromatic rings. The number of nitrogens with one attached hydrogen (secondary N) is 2. The summed E-state index contributed by atoms with van der Waals surface area (Å²) in [6, 6.07) is 14.1. The van der Waals surface area contributed by atoms with Gasteiger partial charge in [-0.15, -0.1) is 24.0 Å². The lowest BCUT2D eigenvalue weighted by atomic mass is 10.2. The molecule has 0 saturated carbocycles. The second kappa shape index (κ2) is 13.3. The summed E-state index contributed by atoms with van der Waals surface area (Å²) in [5.41, 5.74) is 2.05. The van der Waals surface area contributed by atoms with Gasteiger partial charge >= 0.3 is 0 Å². The van der Waals surface area contributed by atoms with E-state index in [-0.39, 0.29) is 30.0 Å².